The molecule has 45 heavy (non-hydrogen) atoms. The number of carboxylic acid groups (broad SMARTS) is 1. The van der Waals surface area contributed by atoms with E-state index in [4.69, 9.17) is 14.2 Å². The zero-order valence-corrected chi connectivity index (χ0v) is 32.0. The molecule has 0 aromatic heterocycles. The number of ether oxygens (including phenoxy) is 3. The summed E-state index contributed by atoms with van der Waals surface area (Å²) in [4.78, 5) is 37.7. The van der Waals surface area contributed by atoms with E-state index in [0.717, 1.165) is 19.3 Å². The van der Waals surface area contributed by atoms with Crippen LogP contribution in [0, 0.1) is 0 Å². The molecule has 2 aliphatic heterocycles. The number of benzene rings is 1. The van der Waals surface area contributed by atoms with Gasteiger partial charge in [-0.05, 0) is 101 Å². The zero-order valence-electron chi connectivity index (χ0n) is 25.7. The summed E-state index contributed by atoms with van der Waals surface area (Å²) in [5.41, 5.74) is -1.01. The fourth-order valence-corrected chi connectivity index (χ4v) is 8.96. The molecule has 1 N–H and O–H groups in total. The van der Waals surface area contributed by atoms with Gasteiger partial charge in [0.1, 0.15) is 11.7 Å². The molecule has 0 amide bonds. The van der Waals surface area contributed by atoms with E-state index in [-0.39, 0.29) is 32.0 Å². The highest BCUT2D eigenvalue weighted by molar-refractivity contribution is 9.15. The van der Waals surface area contributed by atoms with Crippen LogP contribution in [0.5, 0.6) is 0 Å². The number of esters is 1. The second kappa shape index (κ2) is 17.0. The molecule has 11 heteroatoms. The molecule has 3 aliphatic rings. The lowest BCUT2D eigenvalue weighted by molar-refractivity contribution is -0.291. The van der Waals surface area contributed by atoms with Crippen molar-refractivity contribution in [3.8, 4) is 0 Å². The van der Waals surface area contributed by atoms with E-state index < -0.39 is 29.4 Å². The van der Waals surface area contributed by atoms with E-state index in [1.54, 1.807) is 12.2 Å². The van der Waals surface area contributed by atoms with Gasteiger partial charge in [-0.1, -0.05) is 77.6 Å². The van der Waals surface area contributed by atoms with Crippen LogP contribution in [0.3, 0.4) is 0 Å². The average molecular weight is 882 g/mol. The molecule has 0 radical (unpaired) electrons. The van der Waals surface area contributed by atoms with Gasteiger partial charge in [0.15, 0.2) is 11.6 Å². The smallest absolute Gasteiger partial charge is 0.340 e. The van der Waals surface area contributed by atoms with Crippen LogP contribution in [-0.4, -0.2) is 46.4 Å². The van der Waals surface area contributed by atoms with Gasteiger partial charge in [-0.3, -0.25) is 4.79 Å². The van der Waals surface area contributed by atoms with Gasteiger partial charge in [-0.2, -0.15) is 0 Å². The maximum atomic E-state index is 13.7. The van der Waals surface area contributed by atoms with Crippen LogP contribution in [0.2, 0.25) is 0 Å². The number of unbranched alkanes of at least 4 members (excludes halogenated alkanes) is 10. The molecule has 4 rings (SSSR count). The van der Waals surface area contributed by atoms with Gasteiger partial charge in [0.25, 0.3) is 0 Å². The summed E-state index contributed by atoms with van der Waals surface area (Å²) in [7, 11) is 0. The largest absolute Gasteiger partial charge is 0.478 e. The van der Waals surface area contributed by atoms with E-state index in [1.165, 1.54) is 69.9 Å². The van der Waals surface area contributed by atoms with Crippen LogP contribution in [0.25, 0.3) is 0 Å². The Morgan fingerprint density at radius 2 is 1.40 bits per heavy atom. The molecule has 3 unspecified atom stereocenters. The maximum Gasteiger partial charge on any atom is 0.340 e. The quantitative estimate of drug-likeness (QED) is 0.0811. The third kappa shape index (κ3) is 9.62. The number of rotatable bonds is 15. The normalized spacial score (nSPS) is 23.7. The SMILES string of the molecule is CCCCCCCCCCCCCC1CC(OC(=O)c2c(Br)c(Br)c(Br)c(Br)c2C(=O)O)CC2(CCC3(C=CC(=O)C=C3)O2)O1. The molecule has 2 spiro atoms. The number of ketones is 1. The first-order valence-corrected chi connectivity index (χ1v) is 19.3. The molecule has 248 valence electrons. The Hall–Kier alpha value is -0.850. The van der Waals surface area contributed by atoms with Gasteiger partial charge in [0, 0.05) is 37.2 Å². The molecule has 1 aromatic carbocycles. The van der Waals surface area contributed by atoms with Crippen LogP contribution in [0.15, 0.2) is 42.2 Å². The second-order valence-electron chi connectivity index (χ2n) is 12.4. The molecule has 0 bridgehead atoms. The number of carboxylic acids is 1. The van der Waals surface area contributed by atoms with Crippen molar-refractivity contribution >= 4 is 81.4 Å². The van der Waals surface area contributed by atoms with Crippen LogP contribution >= 0.6 is 63.7 Å². The van der Waals surface area contributed by atoms with Crippen molar-refractivity contribution in [1.29, 1.82) is 0 Å². The first-order chi connectivity index (χ1) is 21.5. The number of allylic oxidation sites excluding steroid dienone is 2. The van der Waals surface area contributed by atoms with Gasteiger partial charge < -0.3 is 19.3 Å². The molecule has 0 saturated carbocycles. The number of halogens is 4. The van der Waals surface area contributed by atoms with Crippen LogP contribution < -0.4 is 0 Å². The standard InChI is InChI=1S/C34H42Br4O7/c1-2-3-4-5-6-7-8-9-10-11-12-13-23-20-24(21-34(44-23)19-18-33(45-34)16-14-22(39)15-17-33)43-32(42)26-25(31(40)41)27(35)29(37)30(38)28(26)36/h14-17,23-24H,2-13,18-21H2,1H3,(H,40,41). The van der Waals surface area contributed by atoms with Gasteiger partial charge in [-0.15, -0.1) is 0 Å². The summed E-state index contributed by atoms with van der Waals surface area (Å²) >= 11 is 13.5. The first-order valence-electron chi connectivity index (χ1n) is 16.1. The van der Waals surface area contributed by atoms with Gasteiger partial charge in [0.2, 0.25) is 0 Å². The fourth-order valence-electron chi connectivity index (χ4n) is 6.51. The first kappa shape index (κ1) is 37.0. The lowest BCUT2D eigenvalue weighted by Crippen LogP contribution is -2.48. The molecule has 2 fully saturated rings. The van der Waals surface area contributed by atoms with Crippen molar-refractivity contribution in [2.24, 2.45) is 0 Å². The van der Waals surface area contributed by atoms with E-state index in [2.05, 4.69) is 70.6 Å². The number of aromatic carboxylic acids is 1. The summed E-state index contributed by atoms with van der Waals surface area (Å²) in [6, 6.07) is 0. The van der Waals surface area contributed by atoms with Crippen molar-refractivity contribution < 1.29 is 33.7 Å². The lowest BCUT2D eigenvalue weighted by Gasteiger charge is -2.43. The van der Waals surface area contributed by atoms with Crippen LogP contribution in [-0.2, 0) is 19.0 Å². The molecule has 2 saturated heterocycles. The second-order valence-corrected chi connectivity index (χ2v) is 15.6. The van der Waals surface area contributed by atoms with Crippen molar-refractivity contribution in [1.82, 2.24) is 0 Å². The highest BCUT2D eigenvalue weighted by Gasteiger charge is 2.53. The molecule has 1 aliphatic carbocycles. The Morgan fingerprint density at radius 1 is 0.844 bits per heavy atom. The van der Waals surface area contributed by atoms with Gasteiger partial charge in [0.05, 0.1) is 17.2 Å². The van der Waals surface area contributed by atoms with Crippen molar-refractivity contribution in [3.05, 3.63) is 53.3 Å². The van der Waals surface area contributed by atoms with Crippen molar-refractivity contribution in [2.45, 2.75) is 133 Å². The molecule has 1 aromatic rings. The molecule has 3 atom stereocenters. The van der Waals surface area contributed by atoms with Crippen LogP contribution in [0.4, 0.5) is 0 Å². The highest BCUT2D eigenvalue weighted by Crippen LogP contribution is 2.49. The Labute approximate surface area is 299 Å². The van der Waals surface area contributed by atoms with Crippen LogP contribution in [0.1, 0.15) is 130 Å². The summed E-state index contributed by atoms with van der Waals surface area (Å²) in [5, 5.41) is 9.97. The maximum absolute atomic E-state index is 13.7. The third-order valence-electron chi connectivity index (χ3n) is 8.87. The zero-order chi connectivity index (χ0) is 32.6. The number of carbonyl (C=O) groups is 3. The summed E-state index contributed by atoms with van der Waals surface area (Å²) in [5.74, 6) is -3.05. The molecule has 2 heterocycles. The van der Waals surface area contributed by atoms with E-state index >= 15 is 0 Å². The molecular formula is C34H42Br4O7. The minimum atomic E-state index is -1.26. The third-order valence-corrected chi connectivity index (χ3v) is 13.6. The summed E-state index contributed by atoms with van der Waals surface area (Å²) in [6.45, 7) is 2.25. The minimum Gasteiger partial charge on any atom is -0.478 e. The Balaban J connectivity index is 1.42. The Bertz CT molecular complexity index is 1290. The number of hydrogen-bond donors (Lipinski definition) is 1. The summed E-state index contributed by atoms with van der Waals surface area (Å²) in [6.07, 6.45) is 22.5. The van der Waals surface area contributed by atoms with E-state index in [9.17, 15) is 19.5 Å². The predicted molar refractivity (Wildman–Crippen MR) is 188 cm³/mol. The topological polar surface area (TPSA) is 99.1 Å². The van der Waals surface area contributed by atoms with E-state index in [1.807, 2.05) is 0 Å². The Kier molecular flexibility index (Phi) is 14.0. The van der Waals surface area contributed by atoms with Crippen molar-refractivity contribution in [2.75, 3.05) is 0 Å². The fraction of sp³-hybridized carbons (Fsp3) is 0.618. The Morgan fingerprint density at radius 3 is 1.98 bits per heavy atom. The average Bonchev–Trinajstić information content (AvgIpc) is 3.33. The van der Waals surface area contributed by atoms with Crippen molar-refractivity contribution in [3.63, 3.8) is 0 Å². The molecule has 7 nitrogen and oxygen atoms in total. The monoisotopic (exact) mass is 878 g/mol. The number of hydrogen-bond acceptors (Lipinski definition) is 6. The van der Waals surface area contributed by atoms with Gasteiger partial charge >= 0.3 is 11.9 Å². The molecular weight excluding hydrogens is 840 g/mol. The lowest BCUT2D eigenvalue weighted by atomic mass is 9.91. The van der Waals surface area contributed by atoms with E-state index in [0.29, 0.717) is 34.6 Å². The highest BCUT2D eigenvalue weighted by atomic mass is 79.9. The predicted octanol–water partition coefficient (Wildman–Crippen LogP) is 10.8. The minimum absolute atomic E-state index is 0.0765. The summed E-state index contributed by atoms with van der Waals surface area (Å²) < 4.78 is 20.8. The number of carbonyl (C=O) groups excluding carboxylic acids is 2. The van der Waals surface area contributed by atoms with Gasteiger partial charge in [-0.25, -0.2) is 9.59 Å².